The second-order valence-corrected chi connectivity index (χ2v) is 9.61. The number of carboxylic acids is 2. The Morgan fingerprint density at radius 2 is 1.63 bits per heavy atom. The van der Waals surface area contributed by atoms with Gasteiger partial charge in [0.2, 0.25) is 0 Å². The summed E-state index contributed by atoms with van der Waals surface area (Å²) in [6.07, 6.45) is -1.39. The average molecular weight is 386 g/mol. The Bertz CT molecular complexity index is 568. The third-order valence-corrected chi connectivity index (χ3v) is 5.47. The number of aliphatic carboxylic acids is 2. The van der Waals surface area contributed by atoms with Crippen LogP contribution in [0.3, 0.4) is 0 Å². The summed E-state index contributed by atoms with van der Waals surface area (Å²) in [6, 6.07) is 0. The van der Waals surface area contributed by atoms with Gasteiger partial charge in [0.15, 0.2) is 11.7 Å². The lowest BCUT2D eigenvalue weighted by atomic mass is 9.89. The maximum Gasteiger partial charge on any atom is 0.337 e. The van der Waals surface area contributed by atoms with Gasteiger partial charge in [-0.2, -0.15) is 0 Å². The number of nitrogens with zero attached hydrogens (tertiary/aromatic N) is 2. The normalized spacial score (nSPS) is 31.6. The molecule has 0 radical (unpaired) electrons. The second kappa shape index (κ2) is 7.66. The smallest absolute Gasteiger partial charge is 0.337 e. The topological polar surface area (TPSA) is 99.5 Å². The first-order valence-corrected chi connectivity index (χ1v) is 9.50. The molecule has 8 heteroatoms. The van der Waals surface area contributed by atoms with Crippen LogP contribution in [-0.2, 0) is 19.1 Å². The van der Waals surface area contributed by atoms with E-state index in [9.17, 15) is 19.8 Å². The van der Waals surface area contributed by atoms with Crippen molar-refractivity contribution in [3.8, 4) is 0 Å². The molecule has 0 saturated carbocycles. The molecule has 2 saturated heterocycles. The summed E-state index contributed by atoms with van der Waals surface area (Å²) >= 11 is 0. The van der Waals surface area contributed by atoms with Crippen molar-refractivity contribution in [3.63, 3.8) is 0 Å². The number of carboxylic acid groups (broad SMARTS) is 2. The van der Waals surface area contributed by atoms with Gasteiger partial charge in [-0.15, -0.1) is 0 Å². The summed E-state index contributed by atoms with van der Waals surface area (Å²) in [7, 11) is 0. The molecule has 0 amide bonds. The number of rotatable bonds is 4. The molecule has 2 fully saturated rings. The van der Waals surface area contributed by atoms with Crippen LogP contribution in [0.2, 0.25) is 0 Å². The zero-order valence-electron chi connectivity index (χ0n) is 17.3. The van der Waals surface area contributed by atoms with Crippen LogP contribution in [0.15, 0.2) is 0 Å². The molecule has 0 aromatic carbocycles. The second-order valence-electron chi connectivity index (χ2n) is 9.61. The Morgan fingerprint density at radius 1 is 1.04 bits per heavy atom. The zero-order valence-corrected chi connectivity index (χ0v) is 17.3. The van der Waals surface area contributed by atoms with Crippen LogP contribution in [0.1, 0.15) is 48.0 Å². The molecular formula is C19H34N2O6. The summed E-state index contributed by atoms with van der Waals surface area (Å²) in [4.78, 5) is 27.9. The molecule has 0 aliphatic carbocycles. The molecule has 2 aliphatic rings. The Hall–Kier alpha value is -1.22. The first-order valence-electron chi connectivity index (χ1n) is 9.50. The van der Waals surface area contributed by atoms with Crippen molar-refractivity contribution in [2.24, 2.45) is 0 Å². The van der Waals surface area contributed by atoms with E-state index in [-0.39, 0.29) is 30.6 Å². The minimum Gasteiger partial charge on any atom is -0.479 e. The molecule has 3 unspecified atom stereocenters. The molecule has 0 spiro atoms. The van der Waals surface area contributed by atoms with E-state index in [4.69, 9.17) is 9.47 Å². The molecule has 27 heavy (non-hydrogen) atoms. The fourth-order valence-electron chi connectivity index (χ4n) is 3.70. The molecule has 2 heterocycles. The van der Waals surface area contributed by atoms with Crippen molar-refractivity contribution in [3.05, 3.63) is 0 Å². The van der Waals surface area contributed by atoms with Gasteiger partial charge in [0.05, 0.1) is 12.7 Å². The largest absolute Gasteiger partial charge is 0.479 e. The Labute approximate surface area is 161 Å². The molecule has 8 nitrogen and oxygen atoms in total. The quantitative estimate of drug-likeness (QED) is 0.745. The van der Waals surface area contributed by atoms with Crippen molar-refractivity contribution in [2.45, 2.75) is 76.9 Å². The predicted molar refractivity (Wildman–Crippen MR) is 99.9 cm³/mol. The lowest BCUT2D eigenvalue weighted by Gasteiger charge is -2.49. The van der Waals surface area contributed by atoms with E-state index in [2.05, 4.69) is 4.90 Å². The fraction of sp³-hybridized carbons (Fsp3) is 0.895. The molecule has 2 rings (SSSR count). The highest BCUT2D eigenvalue weighted by molar-refractivity contribution is 5.78. The van der Waals surface area contributed by atoms with Gasteiger partial charge in [-0.25, -0.2) is 9.59 Å². The van der Waals surface area contributed by atoms with Gasteiger partial charge >= 0.3 is 11.9 Å². The van der Waals surface area contributed by atoms with E-state index < -0.39 is 29.7 Å². The molecule has 2 N–H and O–H groups in total. The van der Waals surface area contributed by atoms with E-state index in [1.165, 1.54) is 0 Å². The summed E-state index contributed by atoms with van der Waals surface area (Å²) in [5, 5.41) is 19.4. The Kier molecular flexibility index (Phi) is 6.26. The predicted octanol–water partition coefficient (Wildman–Crippen LogP) is 1.28. The summed E-state index contributed by atoms with van der Waals surface area (Å²) in [5.41, 5.74) is -1.82. The molecule has 156 valence electrons. The molecule has 2 aliphatic heterocycles. The van der Waals surface area contributed by atoms with E-state index in [1.807, 2.05) is 46.4 Å². The summed E-state index contributed by atoms with van der Waals surface area (Å²) in [5.74, 6) is -2.06. The van der Waals surface area contributed by atoms with Gasteiger partial charge in [-0.3, -0.25) is 9.80 Å². The number of ether oxygens (including phenoxy) is 2. The van der Waals surface area contributed by atoms with Crippen molar-refractivity contribution in [2.75, 3.05) is 32.8 Å². The van der Waals surface area contributed by atoms with E-state index in [0.29, 0.717) is 19.7 Å². The Morgan fingerprint density at radius 3 is 2.11 bits per heavy atom. The van der Waals surface area contributed by atoms with Crippen LogP contribution < -0.4 is 0 Å². The Balaban J connectivity index is 2.23. The fourth-order valence-corrected chi connectivity index (χ4v) is 3.70. The highest BCUT2D eigenvalue weighted by Crippen LogP contribution is 2.32. The van der Waals surface area contributed by atoms with Crippen LogP contribution in [0.25, 0.3) is 0 Å². The van der Waals surface area contributed by atoms with Gasteiger partial charge < -0.3 is 19.7 Å². The SMILES string of the molecule is CC(C)(C)N1CC(CC2(C(=O)O)CN(C(C)(C)C)CCO2)OC(C(=O)O)C1. The van der Waals surface area contributed by atoms with Crippen molar-refractivity contribution in [1.82, 2.24) is 9.80 Å². The van der Waals surface area contributed by atoms with Gasteiger partial charge in [0.1, 0.15) is 0 Å². The molecular weight excluding hydrogens is 352 g/mol. The molecule has 3 atom stereocenters. The van der Waals surface area contributed by atoms with Crippen LogP contribution in [-0.4, -0.2) is 93.6 Å². The highest BCUT2D eigenvalue weighted by Gasteiger charge is 2.49. The van der Waals surface area contributed by atoms with E-state index >= 15 is 0 Å². The van der Waals surface area contributed by atoms with Gasteiger partial charge in [0.25, 0.3) is 0 Å². The summed E-state index contributed by atoms with van der Waals surface area (Å²) < 4.78 is 11.6. The van der Waals surface area contributed by atoms with Gasteiger partial charge in [-0.05, 0) is 41.5 Å². The maximum absolute atomic E-state index is 12.2. The lowest BCUT2D eigenvalue weighted by Crippen LogP contribution is -2.64. The highest BCUT2D eigenvalue weighted by atomic mass is 16.5. The molecule has 0 aromatic heterocycles. The third kappa shape index (κ3) is 5.19. The van der Waals surface area contributed by atoms with E-state index in [0.717, 1.165) is 0 Å². The van der Waals surface area contributed by atoms with Crippen molar-refractivity contribution in [1.29, 1.82) is 0 Å². The van der Waals surface area contributed by atoms with Crippen molar-refractivity contribution >= 4 is 11.9 Å². The summed E-state index contributed by atoms with van der Waals surface area (Å²) in [6.45, 7) is 14.2. The average Bonchev–Trinajstić information content (AvgIpc) is 2.53. The number of hydrogen-bond donors (Lipinski definition) is 2. The zero-order chi connectivity index (χ0) is 20.6. The van der Waals surface area contributed by atoms with E-state index in [1.54, 1.807) is 0 Å². The van der Waals surface area contributed by atoms with Crippen molar-refractivity contribution < 1.29 is 29.3 Å². The van der Waals surface area contributed by atoms with Gasteiger partial charge in [0, 0.05) is 43.7 Å². The number of carbonyl (C=O) groups is 2. The maximum atomic E-state index is 12.2. The minimum atomic E-state index is -1.40. The van der Waals surface area contributed by atoms with Crippen LogP contribution >= 0.6 is 0 Å². The van der Waals surface area contributed by atoms with Crippen LogP contribution in [0, 0.1) is 0 Å². The first kappa shape index (κ1) is 22.1. The first-order chi connectivity index (χ1) is 12.2. The molecule has 0 aromatic rings. The molecule has 0 bridgehead atoms. The standard InChI is InChI=1S/C19H34N2O6/c1-17(2,3)20-7-8-26-19(12-20,16(24)25)9-13-10-21(18(4,5)6)11-14(27-13)15(22)23/h13-14H,7-12H2,1-6H3,(H,22,23)(H,24,25). The third-order valence-electron chi connectivity index (χ3n) is 5.47. The monoisotopic (exact) mass is 386 g/mol. The number of hydrogen-bond acceptors (Lipinski definition) is 6. The lowest BCUT2D eigenvalue weighted by molar-refractivity contribution is -0.201. The van der Waals surface area contributed by atoms with Crippen LogP contribution in [0.5, 0.6) is 0 Å². The number of morpholine rings is 2. The van der Waals surface area contributed by atoms with Gasteiger partial charge in [-0.1, -0.05) is 0 Å². The van der Waals surface area contributed by atoms with Crippen LogP contribution in [0.4, 0.5) is 0 Å². The minimum absolute atomic E-state index is 0.116.